The van der Waals surface area contributed by atoms with Gasteiger partial charge in [0.15, 0.2) is 0 Å². The summed E-state index contributed by atoms with van der Waals surface area (Å²) in [6.45, 7) is 0. The van der Waals surface area contributed by atoms with Crippen LogP contribution in [-0.4, -0.2) is 13.7 Å². The van der Waals surface area contributed by atoms with Crippen LogP contribution in [0, 0.1) is 0 Å². The molecule has 0 atom stereocenters. The minimum Gasteiger partial charge on any atom is -0.309 e. The first-order valence-electron chi connectivity index (χ1n) is 16.1. The van der Waals surface area contributed by atoms with Gasteiger partial charge in [0.05, 0.1) is 33.1 Å². The molecule has 0 aliphatic rings. The van der Waals surface area contributed by atoms with Gasteiger partial charge in [0.25, 0.3) is 0 Å². The number of benzene rings is 7. The average molecular weight is 600 g/mol. The number of rotatable bonds is 4. The predicted molar refractivity (Wildman–Crippen MR) is 197 cm³/mol. The first-order chi connectivity index (χ1) is 23.3. The summed E-state index contributed by atoms with van der Waals surface area (Å²) in [4.78, 5) is 0. The molecule has 7 aromatic carbocycles. The molecule has 0 aliphatic heterocycles. The van der Waals surface area contributed by atoms with Crippen LogP contribution in [0.15, 0.2) is 176 Å². The summed E-state index contributed by atoms with van der Waals surface area (Å²) in [6, 6.07) is 63.6. The summed E-state index contributed by atoms with van der Waals surface area (Å²) < 4.78 is 7.24. The highest BCUT2D eigenvalue weighted by atomic mass is 15.1. The summed E-state index contributed by atoms with van der Waals surface area (Å²) in [5.74, 6) is 0. The molecular weight excluding hydrogens is 571 g/mol. The zero-order valence-electron chi connectivity index (χ0n) is 25.6. The van der Waals surface area contributed by atoms with Crippen molar-refractivity contribution in [2.75, 3.05) is 0 Å². The minimum absolute atomic E-state index is 1.16. The Balaban J connectivity index is 1.21. The van der Waals surface area contributed by atoms with Gasteiger partial charge >= 0.3 is 0 Å². The molecule has 0 bridgehead atoms. The second-order valence-corrected chi connectivity index (χ2v) is 12.2. The van der Waals surface area contributed by atoms with E-state index in [0.717, 1.165) is 17.1 Å². The monoisotopic (exact) mass is 599 g/mol. The number of hydrogen-bond donors (Lipinski definition) is 0. The number of fused-ring (bicyclic) bond motifs is 8. The van der Waals surface area contributed by atoms with E-state index in [-0.39, 0.29) is 0 Å². The highest BCUT2D eigenvalue weighted by Gasteiger charge is 2.22. The smallest absolute Gasteiger partial charge is 0.0804 e. The average Bonchev–Trinajstić information content (AvgIpc) is 3.78. The molecule has 0 saturated heterocycles. The molecule has 0 N–H and O–H groups in total. The van der Waals surface area contributed by atoms with E-state index >= 15 is 0 Å². The van der Waals surface area contributed by atoms with Gasteiger partial charge in [-0.25, -0.2) is 0 Å². The third-order valence-corrected chi connectivity index (χ3v) is 9.63. The highest BCUT2D eigenvalue weighted by Crippen LogP contribution is 2.42. The van der Waals surface area contributed by atoms with Gasteiger partial charge in [-0.3, -0.25) is 0 Å². The van der Waals surface area contributed by atoms with E-state index in [1.54, 1.807) is 0 Å². The third-order valence-electron chi connectivity index (χ3n) is 9.63. The van der Waals surface area contributed by atoms with Crippen molar-refractivity contribution >= 4 is 54.6 Å². The Bertz CT molecular complexity index is 2670. The van der Waals surface area contributed by atoms with Gasteiger partial charge in [0, 0.05) is 38.6 Å². The Morgan fingerprint density at radius 1 is 0.255 bits per heavy atom. The lowest BCUT2D eigenvalue weighted by Gasteiger charge is -2.11. The normalized spacial score (nSPS) is 11.8. The molecule has 0 fully saturated rings. The van der Waals surface area contributed by atoms with E-state index in [1.165, 1.54) is 65.8 Å². The summed E-state index contributed by atoms with van der Waals surface area (Å²) in [6.07, 6.45) is 0. The number of nitrogens with zero attached hydrogens (tertiary/aromatic N) is 3. The molecule has 0 aliphatic carbocycles. The fourth-order valence-corrected chi connectivity index (χ4v) is 7.61. The fraction of sp³-hybridized carbons (Fsp3) is 0. The van der Waals surface area contributed by atoms with Crippen LogP contribution < -0.4 is 0 Å². The molecule has 10 aromatic rings. The third kappa shape index (κ3) is 3.81. The van der Waals surface area contributed by atoms with E-state index in [9.17, 15) is 0 Å². The fourth-order valence-electron chi connectivity index (χ4n) is 7.61. The molecule has 10 rings (SSSR count). The van der Waals surface area contributed by atoms with Crippen LogP contribution in [0.5, 0.6) is 0 Å². The molecule has 0 saturated carbocycles. The summed E-state index contributed by atoms with van der Waals surface area (Å²) in [5.41, 5.74) is 13.2. The van der Waals surface area contributed by atoms with Gasteiger partial charge in [-0.2, -0.15) is 0 Å². The topological polar surface area (TPSA) is 14.8 Å². The molecule has 3 nitrogen and oxygen atoms in total. The molecule has 47 heavy (non-hydrogen) atoms. The zero-order valence-corrected chi connectivity index (χ0v) is 25.6. The van der Waals surface area contributed by atoms with Gasteiger partial charge in [-0.15, -0.1) is 0 Å². The second-order valence-electron chi connectivity index (χ2n) is 12.2. The summed E-state index contributed by atoms with van der Waals surface area (Å²) >= 11 is 0. The Labute approximate surface area is 271 Å². The van der Waals surface area contributed by atoms with Crippen molar-refractivity contribution in [3.8, 4) is 28.2 Å². The largest absolute Gasteiger partial charge is 0.309 e. The SMILES string of the molecule is c1ccc(-n2c3ccc(-c4ccc(-n5c6ccccc6c6ccccc65)cc4)cc3c3c2c2ccccc2n3-c2ccccc2)cc1. The van der Waals surface area contributed by atoms with Crippen LogP contribution >= 0.6 is 0 Å². The van der Waals surface area contributed by atoms with Gasteiger partial charge in [-0.05, 0) is 77.9 Å². The molecule has 3 heteroatoms. The first-order valence-corrected chi connectivity index (χ1v) is 16.1. The quantitative estimate of drug-likeness (QED) is 0.191. The molecule has 220 valence electrons. The second kappa shape index (κ2) is 10.1. The van der Waals surface area contributed by atoms with Crippen molar-refractivity contribution in [2.45, 2.75) is 0 Å². The van der Waals surface area contributed by atoms with Crippen molar-refractivity contribution in [3.63, 3.8) is 0 Å². The number of para-hydroxylation sites is 5. The van der Waals surface area contributed by atoms with E-state index < -0.39 is 0 Å². The molecule has 3 heterocycles. The molecule has 3 aromatic heterocycles. The van der Waals surface area contributed by atoms with E-state index in [4.69, 9.17) is 0 Å². The van der Waals surface area contributed by atoms with Crippen molar-refractivity contribution in [1.29, 1.82) is 0 Å². The lowest BCUT2D eigenvalue weighted by Crippen LogP contribution is -1.94. The maximum absolute atomic E-state index is 2.43. The van der Waals surface area contributed by atoms with Crippen LogP contribution in [0.1, 0.15) is 0 Å². The van der Waals surface area contributed by atoms with E-state index in [2.05, 4.69) is 190 Å². The van der Waals surface area contributed by atoms with Crippen molar-refractivity contribution < 1.29 is 0 Å². The van der Waals surface area contributed by atoms with Gasteiger partial charge in [0.2, 0.25) is 0 Å². The molecule has 0 amide bonds. The van der Waals surface area contributed by atoms with Gasteiger partial charge in [0.1, 0.15) is 0 Å². The standard InChI is InChI=1S/C44H29N3/c1-3-13-32(14-4-1)46-41-22-12-9-19-37(41)43-44(46)38-29-31(25-28-42(38)47(43)33-15-5-2-6-16-33)30-23-26-34(27-24-30)45-39-20-10-7-17-35(39)36-18-8-11-21-40(36)45/h1-29H. The molecular formula is C44H29N3. The van der Waals surface area contributed by atoms with Crippen LogP contribution in [-0.2, 0) is 0 Å². The molecule has 0 spiro atoms. The van der Waals surface area contributed by atoms with Crippen LogP contribution in [0.25, 0.3) is 82.8 Å². The lowest BCUT2D eigenvalue weighted by molar-refractivity contribution is 1.17. The Morgan fingerprint density at radius 2 is 0.660 bits per heavy atom. The molecule has 0 radical (unpaired) electrons. The Kier molecular flexibility index (Phi) is 5.57. The lowest BCUT2D eigenvalue weighted by atomic mass is 10.0. The minimum atomic E-state index is 1.16. The van der Waals surface area contributed by atoms with Crippen molar-refractivity contribution in [1.82, 2.24) is 13.7 Å². The van der Waals surface area contributed by atoms with Gasteiger partial charge in [-0.1, -0.05) is 109 Å². The zero-order chi connectivity index (χ0) is 30.9. The first kappa shape index (κ1) is 26.0. The Morgan fingerprint density at radius 3 is 1.23 bits per heavy atom. The van der Waals surface area contributed by atoms with E-state index in [0.29, 0.717) is 0 Å². The maximum atomic E-state index is 2.43. The van der Waals surface area contributed by atoms with Crippen molar-refractivity contribution in [3.05, 3.63) is 176 Å². The number of aromatic nitrogens is 3. The Hall–Kier alpha value is -6.32. The highest BCUT2D eigenvalue weighted by molar-refractivity contribution is 6.20. The predicted octanol–water partition coefficient (Wildman–Crippen LogP) is 11.5. The summed E-state index contributed by atoms with van der Waals surface area (Å²) in [7, 11) is 0. The van der Waals surface area contributed by atoms with Gasteiger partial charge < -0.3 is 13.7 Å². The van der Waals surface area contributed by atoms with Crippen LogP contribution in [0.3, 0.4) is 0 Å². The van der Waals surface area contributed by atoms with E-state index in [1.807, 2.05) is 0 Å². The number of hydrogen-bond acceptors (Lipinski definition) is 0. The van der Waals surface area contributed by atoms with Crippen molar-refractivity contribution in [2.24, 2.45) is 0 Å². The van der Waals surface area contributed by atoms with Crippen LogP contribution in [0.4, 0.5) is 0 Å². The molecule has 0 unspecified atom stereocenters. The van der Waals surface area contributed by atoms with Crippen LogP contribution in [0.2, 0.25) is 0 Å². The summed E-state index contributed by atoms with van der Waals surface area (Å²) in [5, 5.41) is 5.02. The maximum Gasteiger partial charge on any atom is 0.0804 e.